The van der Waals surface area contributed by atoms with Crippen molar-refractivity contribution < 1.29 is 0 Å². The summed E-state index contributed by atoms with van der Waals surface area (Å²) in [5.74, 6) is 0.594. The SMILES string of the molecule is Clc1cc(C(Cl)C(Cl)Cl)ccc1C1CCCCC1. The molecule has 0 aromatic heterocycles. The van der Waals surface area contributed by atoms with Gasteiger partial charge >= 0.3 is 0 Å². The standard InChI is InChI=1S/C14H16Cl4/c15-12-8-10(13(16)14(17)18)6-7-11(12)9-4-2-1-3-5-9/h6-9,13-14H,1-5H2. The minimum absolute atomic E-state index is 0.411. The molecule has 0 N–H and O–H groups in total. The summed E-state index contributed by atoms with van der Waals surface area (Å²) in [6.07, 6.45) is 6.41. The highest BCUT2D eigenvalue weighted by molar-refractivity contribution is 6.48. The summed E-state index contributed by atoms with van der Waals surface area (Å²) < 4.78 is 0. The molecular formula is C14H16Cl4. The Kier molecular flexibility index (Phi) is 5.50. The molecule has 1 aliphatic carbocycles. The second kappa shape index (κ2) is 6.70. The molecule has 1 saturated carbocycles. The molecule has 1 aliphatic rings. The fraction of sp³-hybridized carbons (Fsp3) is 0.571. The first kappa shape index (κ1) is 14.8. The highest BCUT2D eigenvalue weighted by Gasteiger charge is 2.21. The second-order valence-corrected chi connectivity index (χ2v) is 6.89. The van der Waals surface area contributed by atoms with Gasteiger partial charge in [0.25, 0.3) is 0 Å². The normalized spacial score (nSPS) is 19.2. The third-order valence-electron chi connectivity index (χ3n) is 3.61. The van der Waals surface area contributed by atoms with Gasteiger partial charge in [0.15, 0.2) is 0 Å². The van der Waals surface area contributed by atoms with Crippen molar-refractivity contribution in [1.29, 1.82) is 0 Å². The van der Waals surface area contributed by atoms with Crippen molar-refractivity contribution in [3.8, 4) is 0 Å². The van der Waals surface area contributed by atoms with E-state index in [0.29, 0.717) is 5.92 Å². The number of hydrogen-bond acceptors (Lipinski definition) is 0. The lowest BCUT2D eigenvalue weighted by Gasteiger charge is -2.23. The molecule has 1 atom stereocenters. The number of halogens is 4. The monoisotopic (exact) mass is 324 g/mol. The van der Waals surface area contributed by atoms with E-state index in [4.69, 9.17) is 46.4 Å². The summed E-state index contributed by atoms with van der Waals surface area (Å²) in [6.45, 7) is 0. The zero-order valence-electron chi connectivity index (χ0n) is 10.0. The van der Waals surface area contributed by atoms with Gasteiger partial charge in [-0.3, -0.25) is 0 Å². The molecule has 1 aromatic carbocycles. The molecule has 18 heavy (non-hydrogen) atoms. The van der Waals surface area contributed by atoms with Gasteiger partial charge in [-0.1, -0.05) is 43.0 Å². The molecule has 1 unspecified atom stereocenters. The van der Waals surface area contributed by atoms with Crippen molar-refractivity contribution in [3.63, 3.8) is 0 Å². The maximum atomic E-state index is 6.37. The lowest BCUT2D eigenvalue weighted by molar-refractivity contribution is 0.443. The van der Waals surface area contributed by atoms with Crippen LogP contribution in [0.15, 0.2) is 18.2 Å². The van der Waals surface area contributed by atoms with Crippen LogP contribution < -0.4 is 0 Å². The maximum Gasteiger partial charge on any atom is 0.128 e. The Labute approximate surface area is 129 Å². The molecular weight excluding hydrogens is 310 g/mol. The van der Waals surface area contributed by atoms with Crippen LogP contribution in [0, 0.1) is 0 Å². The van der Waals surface area contributed by atoms with E-state index < -0.39 is 10.2 Å². The summed E-state index contributed by atoms with van der Waals surface area (Å²) in [7, 11) is 0. The highest BCUT2D eigenvalue weighted by Crippen LogP contribution is 2.39. The van der Waals surface area contributed by atoms with Gasteiger partial charge in [0.1, 0.15) is 4.84 Å². The van der Waals surface area contributed by atoms with E-state index in [2.05, 4.69) is 6.07 Å². The summed E-state index contributed by atoms with van der Waals surface area (Å²) in [4.78, 5) is -0.622. The third-order valence-corrected chi connectivity index (χ3v) is 5.20. The average molecular weight is 326 g/mol. The Hall–Kier alpha value is 0.380. The smallest absolute Gasteiger partial charge is 0.115 e. The molecule has 0 amide bonds. The van der Waals surface area contributed by atoms with Crippen LogP contribution in [0.1, 0.15) is 54.5 Å². The fourth-order valence-corrected chi connectivity index (χ4v) is 3.38. The molecule has 0 spiro atoms. The van der Waals surface area contributed by atoms with Gasteiger partial charge in [-0.25, -0.2) is 0 Å². The second-order valence-electron chi connectivity index (χ2n) is 4.85. The van der Waals surface area contributed by atoms with E-state index in [1.807, 2.05) is 12.1 Å². The van der Waals surface area contributed by atoms with E-state index in [-0.39, 0.29) is 0 Å². The van der Waals surface area contributed by atoms with Crippen LogP contribution in [0.25, 0.3) is 0 Å². The van der Waals surface area contributed by atoms with Crippen LogP contribution in [0.5, 0.6) is 0 Å². The van der Waals surface area contributed by atoms with Crippen LogP contribution in [0.2, 0.25) is 5.02 Å². The zero-order valence-corrected chi connectivity index (χ0v) is 13.0. The van der Waals surface area contributed by atoms with Crippen molar-refractivity contribution in [3.05, 3.63) is 34.3 Å². The van der Waals surface area contributed by atoms with Crippen molar-refractivity contribution >= 4 is 46.4 Å². The molecule has 0 nitrogen and oxygen atoms in total. The summed E-state index contributed by atoms with van der Waals surface area (Å²) in [6, 6.07) is 5.98. The molecule has 4 heteroatoms. The highest BCUT2D eigenvalue weighted by atomic mass is 35.5. The number of benzene rings is 1. The predicted molar refractivity (Wildman–Crippen MR) is 81.4 cm³/mol. The third kappa shape index (κ3) is 3.48. The number of rotatable bonds is 3. The van der Waals surface area contributed by atoms with Gasteiger partial charge in [0, 0.05) is 5.02 Å². The molecule has 1 fully saturated rings. The minimum atomic E-state index is -0.622. The fourth-order valence-electron chi connectivity index (χ4n) is 2.61. The maximum absolute atomic E-state index is 6.37. The molecule has 2 rings (SSSR count). The van der Waals surface area contributed by atoms with Crippen molar-refractivity contribution in [2.24, 2.45) is 0 Å². The van der Waals surface area contributed by atoms with Gasteiger partial charge < -0.3 is 0 Å². The van der Waals surface area contributed by atoms with Crippen molar-refractivity contribution in [2.45, 2.75) is 48.2 Å². The van der Waals surface area contributed by atoms with Crippen LogP contribution in [0.3, 0.4) is 0 Å². The van der Waals surface area contributed by atoms with Gasteiger partial charge in [-0.15, -0.1) is 34.8 Å². The van der Waals surface area contributed by atoms with Crippen molar-refractivity contribution in [2.75, 3.05) is 0 Å². The van der Waals surface area contributed by atoms with Crippen LogP contribution >= 0.6 is 46.4 Å². The topological polar surface area (TPSA) is 0 Å². The molecule has 0 radical (unpaired) electrons. The largest absolute Gasteiger partial charge is 0.128 e. The van der Waals surface area contributed by atoms with E-state index in [9.17, 15) is 0 Å². The first-order valence-electron chi connectivity index (χ1n) is 6.31. The summed E-state index contributed by atoms with van der Waals surface area (Å²) in [5.41, 5.74) is 2.13. The van der Waals surface area contributed by atoms with E-state index in [0.717, 1.165) is 10.6 Å². The van der Waals surface area contributed by atoms with Gasteiger partial charge in [-0.2, -0.15) is 0 Å². The van der Waals surface area contributed by atoms with E-state index in [1.54, 1.807) is 0 Å². The Morgan fingerprint density at radius 3 is 2.22 bits per heavy atom. The van der Waals surface area contributed by atoms with Crippen LogP contribution in [-0.2, 0) is 0 Å². The average Bonchev–Trinajstić information content (AvgIpc) is 2.38. The molecule has 0 aliphatic heterocycles. The Morgan fingerprint density at radius 1 is 1.00 bits per heavy atom. The number of hydrogen-bond donors (Lipinski definition) is 0. The van der Waals surface area contributed by atoms with Crippen molar-refractivity contribution in [1.82, 2.24) is 0 Å². The quantitative estimate of drug-likeness (QED) is 0.558. The Balaban J connectivity index is 2.19. The zero-order chi connectivity index (χ0) is 13.1. The van der Waals surface area contributed by atoms with E-state index in [1.165, 1.54) is 37.7 Å². The molecule has 1 aromatic rings. The Bertz CT molecular complexity index is 397. The summed E-state index contributed by atoms with van der Waals surface area (Å²) in [5, 5.41) is 0.380. The van der Waals surface area contributed by atoms with Crippen LogP contribution in [0.4, 0.5) is 0 Å². The molecule has 100 valence electrons. The lowest BCUT2D eigenvalue weighted by atomic mass is 9.84. The lowest BCUT2D eigenvalue weighted by Crippen LogP contribution is -2.06. The van der Waals surface area contributed by atoms with E-state index >= 15 is 0 Å². The van der Waals surface area contributed by atoms with Gasteiger partial charge in [-0.05, 0) is 36.0 Å². The first-order chi connectivity index (χ1) is 8.59. The van der Waals surface area contributed by atoms with Crippen LogP contribution in [-0.4, -0.2) is 4.84 Å². The minimum Gasteiger partial charge on any atom is -0.115 e. The summed E-state index contributed by atoms with van der Waals surface area (Å²) >= 11 is 24.1. The molecule has 0 bridgehead atoms. The molecule has 0 saturated heterocycles. The number of alkyl halides is 3. The van der Waals surface area contributed by atoms with Gasteiger partial charge in [0.2, 0.25) is 0 Å². The Morgan fingerprint density at radius 2 is 1.67 bits per heavy atom. The molecule has 0 heterocycles. The first-order valence-corrected chi connectivity index (χ1v) is 8.00. The van der Waals surface area contributed by atoms with Gasteiger partial charge in [0.05, 0.1) is 5.38 Å². The predicted octanol–water partition coefficient (Wildman–Crippen LogP) is 6.47.